The Morgan fingerprint density at radius 1 is 1.38 bits per heavy atom. The van der Waals surface area contributed by atoms with Gasteiger partial charge in [-0.3, -0.25) is 4.79 Å². The molecule has 26 heavy (non-hydrogen) atoms. The van der Waals surface area contributed by atoms with E-state index >= 15 is 0 Å². The van der Waals surface area contributed by atoms with Crippen molar-refractivity contribution in [3.63, 3.8) is 0 Å². The largest absolute Gasteiger partial charge is 0.379 e. The summed E-state index contributed by atoms with van der Waals surface area (Å²) in [4.78, 5) is 25.0. The zero-order chi connectivity index (χ0) is 18.4. The molecule has 0 aliphatic carbocycles. The molecule has 2 aromatic heterocycles. The molecule has 9 heteroatoms. The molecule has 0 bridgehead atoms. The monoisotopic (exact) mass is 377 g/mol. The van der Waals surface area contributed by atoms with Crippen molar-refractivity contribution in [2.75, 3.05) is 18.5 Å². The Balaban J connectivity index is 1.57. The van der Waals surface area contributed by atoms with Gasteiger partial charge in [0, 0.05) is 30.4 Å². The van der Waals surface area contributed by atoms with Crippen molar-refractivity contribution >= 4 is 23.2 Å². The molecule has 3 rings (SSSR count). The molecular formula is C17H23N5O3S. The summed E-state index contributed by atoms with van der Waals surface area (Å²) in [7, 11) is 0. The van der Waals surface area contributed by atoms with E-state index in [9.17, 15) is 4.79 Å². The Hall–Kier alpha value is -2.10. The second-order valence-electron chi connectivity index (χ2n) is 6.37. The summed E-state index contributed by atoms with van der Waals surface area (Å²) in [5.41, 5.74) is 3.08. The van der Waals surface area contributed by atoms with Crippen molar-refractivity contribution in [2.24, 2.45) is 0 Å². The van der Waals surface area contributed by atoms with Crippen molar-refractivity contribution in [1.82, 2.24) is 20.3 Å². The van der Waals surface area contributed by atoms with E-state index in [-0.39, 0.29) is 24.1 Å². The van der Waals surface area contributed by atoms with E-state index in [2.05, 4.69) is 25.6 Å². The molecular weight excluding hydrogens is 354 g/mol. The van der Waals surface area contributed by atoms with Crippen LogP contribution in [0.4, 0.5) is 5.95 Å². The molecule has 0 unspecified atom stereocenters. The third-order valence-corrected chi connectivity index (χ3v) is 4.51. The van der Waals surface area contributed by atoms with Crippen LogP contribution in [0.25, 0.3) is 0 Å². The number of carbonyl (C=O) groups excluding carboxylic acids is 1. The third kappa shape index (κ3) is 5.20. The molecule has 140 valence electrons. The lowest BCUT2D eigenvalue weighted by atomic mass is 10.1. The molecule has 1 saturated heterocycles. The highest BCUT2D eigenvalue weighted by atomic mass is 32.1. The van der Waals surface area contributed by atoms with E-state index in [4.69, 9.17) is 9.47 Å². The number of thiazole rings is 1. The molecule has 0 aromatic carbocycles. The molecule has 8 nitrogen and oxygen atoms in total. The molecule has 1 aliphatic rings. The fourth-order valence-corrected chi connectivity index (χ4v) is 3.13. The van der Waals surface area contributed by atoms with E-state index in [0.717, 1.165) is 12.1 Å². The van der Waals surface area contributed by atoms with Gasteiger partial charge in [-0.2, -0.15) is 0 Å². The second kappa shape index (κ2) is 9.02. The van der Waals surface area contributed by atoms with Crippen LogP contribution in [-0.2, 0) is 16.1 Å². The summed E-state index contributed by atoms with van der Waals surface area (Å²) >= 11 is 1.53. The summed E-state index contributed by atoms with van der Waals surface area (Å²) in [6.45, 7) is 5.46. The predicted octanol–water partition coefficient (Wildman–Crippen LogP) is 1.86. The Labute approximate surface area is 156 Å². The van der Waals surface area contributed by atoms with Crippen LogP contribution < -0.4 is 10.6 Å². The molecule has 2 aromatic rings. The number of carbonyl (C=O) groups is 1. The third-order valence-electron chi connectivity index (χ3n) is 3.87. The van der Waals surface area contributed by atoms with Gasteiger partial charge in [0.05, 0.1) is 42.1 Å². The van der Waals surface area contributed by atoms with Crippen molar-refractivity contribution in [3.05, 3.63) is 34.5 Å². The number of hydrogen-bond donors (Lipinski definition) is 2. The maximum Gasteiger partial charge on any atom is 0.254 e. The van der Waals surface area contributed by atoms with Crippen LogP contribution in [0.2, 0.25) is 0 Å². The predicted molar refractivity (Wildman–Crippen MR) is 98.2 cm³/mol. The first kappa shape index (κ1) is 18.7. The van der Waals surface area contributed by atoms with Crippen molar-refractivity contribution in [1.29, 1.82) is 0 Å². The van der Waals surface area contributed by atoms with E-state index in [1.165, 1.54) is 23.7 Å². The molecule has 2 atom stereocenters. The number of rotatable bonds is 7. The maximum absolute atomic E-state index is 12.5. The van der Waals surface area contributed by atoms with E-state index < -0.39 is 0 Å². The van der Waals surface area contributed by atoms with E-state index in [0.29, 0.717) is 31.3 Å². The fourth-order valence-electron chi connectivity index (χ4n) is 2.58. The number of aromatic nitrogens is 3. The minimum absolute atomic E-state index is 0.114. The van der Waals surface area contributed by atoms with E-state index in [1.54, 1.807) is 5.51 Å². The summed E-state index contributed by atoms with van der Waals surface area (Å²) in [5, 5.41) is 8.01. The van der Waals surface area contributed by atoms with Crippen LogP contribution in [-0.4, -0.2) is 52.3 Å². The number of anilines is 1. The average molecular weight is 377 g/mol. The summed E-state index contributed by atoms with van der Waals surface area (Å²) in [5.74, 6) is 0.265. The first-order chi connectivity index (χ1) is 12.6. The minimum atomic E-state index is -0.237. The molecule has 1 aliphatic heterocycles. The number of ether oxygens (including phenoxy) is 2. The van der Waals surface area contributed by atoms with Gasteiger partial charge in [-0.05, 0) is 20.3 Å². The maximum atomic E-state index is 12.5. The molecule has 0 saturated carbocycles. The van der Waals surface area contributed by atoms with Crippen LogP contribution in [0, 0.1) is 0 Å². The van der Waals surface area contributed by atoms with E-state index in [1.807, 2.05) is 19.2 Å². The standard InChI is InChI=1S/C17H23N5O3S/c1-11(2)21-17-18-5-12(6-19-17)16(23)22-14-8-24-4-3-15(14)25-7-13-9-26-10-20-13/h5-6,9-11,14-15H,3-4,7-8H2,1-2H3,(H,22,23)(H,18,19,21)/t14-,15+/m1/s1. The topological polar surface area (TPSA) is 98.3 Å². The zero-order valence-electron chi connectivity index (χ0n) is 14.8. The summed E-state index contributed by atoms with van der Waals surface area (Å²) < 4.78 is 11.4. The lowest BCUT2D eigenvalue weighted by Gasteiger charge is -2.31. The summed E-state index contributed by atoms with van der Waals surface area (Å²) in [6, 6.07) is 0.00744. The van der Waals surface area contributed by atoms with Crippen molar-refractivity contribution in [2.45, 2.75) is 45.1 Å². The van der Waals surface area contributed by atoms with Gasteiger partial charge in [-0.1, -0.05) is 0 Å². The van der Waals surface area contributed by atoms with Gasteiger partial charge >= 0.3 is 0 Å². The molecule has 3 heterocycles. The Morgan fingerprint density at radius 3 is 2.88 bits per heavy atom. The zero-order valence-corrected chi connectivity index (χ0v) is 15.7. The van der Waals surface area contributed by atoms with Crippen molar-refractivity contribution < 1.29 is 14.3 Å². The highest BCUT2D eigenvalue weighted by molar-refractivity contribution is 7.07. The summed E-state index contributed by atoms with van der Waals surface area (Å²) in [6.07, 6.45) is 3.64. The number of nitrogens with zero attached hydrogens (tertiary/aromatic N) is 3. The van der Waals surface area contributed by atoms with Gasteiger partial charge in [-0.25, -0.2) is 15.0 Å². The fraction of sp³-hybridized carbons (Fsp3) is 0.529. The Morgan fingerprint density at radius 2 is 2.19 bits per heavy atom. The van der Waals surface area contributed by atoms with Gasteiger partial charge in [0.15, 0.2) is 0 Å². The van der Waals surface area contributed by atoms with Crippen LogP contribution in [0.1, 0.15) is 36.3 Å². The Kier molecular flexibility index (Phi) is 6.48. The van der Waals surface area contributed by atoms with Gasteiger partial charge < -0.3 is 20.1 Å². The van der Waals surface area contributed by atoms with Crippen molar-refractivity contribution in [3.8, 4) is 0 Å². The van der Waals surface area contributed by atoms with Crippen LogP contribution >= 0.6 is 11.3 Å². The quantitative estimate of drug-likeness (QED) is 0.760. The van der Waals surface area contributed by atoms with Gasteiger partial charge in [0.25, 0.3) is 5.91 Å². The molecule has 1 fully saturated rings. The number of amides is 1. The Bertz CT molecular complexity index is 693. The van der Waals surface area contributed by atoms with Gasteiger partial charge in [0.1, 0.15) is 0 Å². The average Bonchev–Trinajstić information content (AvgIpc) is 3.14. The molecule has 2 N–H and O–H groups in total. The highest BCUT2D eigenvalue weighted by Crippen LogP contribution is 2.15. The minimum Gasteiger partial charge on any atom is -0.379 e. The molecule has 0 radical (unpaired) electrons. The second-order valence-corrected chi connectivity index (χ2v) is 7.09. The first-order valence-corrected chi connectivity index (χ1v) is 9.52. The van der Waals surface area contributed by atoms with Gasteiger partial charge in [-0.15, -0.1) is 11.3 Å². The lowest BCUT2D eigenvalue weighted by molar-refractivity contribution is -0.0611. The normalized spacial score (nSPS) is 20.1. The first-order valence-electron chi connectivity index (χ1n) is 8.57. The van der Waals surface area contributed by atoms with Gasteiger partial charge in [0.2, 0.25) is 5.95 Å². The lowest BCUT2D eigenvalue weighted by Crippen LogP contribution is -2.50. The molecule has 1 amide bonds. The molecule has 0 spiro atoms. The van der Waals surface area contributed by atoms with Crippen LogP contribution in [0.3, 0.4) is 0 Å². The highest BCUT2D eigenvalue weighted by Gasteiger charge is 2.28. The number of hydrogen-bond acceptors (Lipinski definition) is 8. The number of nitrogens with one attached hydrogen (secondary N) is 2. The van der Waals surface area contributed by atoms with Crippen LogP contribution in [0.15, 0.2) is 23.3 Å². The SMILES string of the molecule is CC(C)Nc1ncc(C(=O)N[C@@H]2COCC[C@@H]2OCc2cscn2)cn1. The van der Waals surface area contributed by atoms with Crippen LogP contribution in [0.5, 0.6) is 0 Å². The smallest absolute Gasteiger partial charge is 0.254 e.